The SMILES string of the molecule is CCOC(=O)c1sc(-n2ccc(OCc3ccc(C(F)(F)F)o3)cc2=O)nc1C. The molecule has 0 amide bonds. The van der Waals surface area contributed by atoms with E-state index in [4.69, 9.17) is 9.47 Å². The predicted molar refractivity (Wildman–Crippen MR) is 96.4 cm³/mol. The van der Waals surface area contributed by atoms with Gasteiger partial charge in [-0.05, 0) is 32.0 Å². The minimum atomic E-state index is -4.58. The van der Waals surface area contributed by atoms with E-state index in [0.29, 0.717) is 10.6 Å². The quantitative estimate of drug-likeness (QED) is 0.553. The molecule has 7 nitrogen and oxygen atoms in total. The largest absolute Gasteiger partial charge is 0.485 e. The number of ether oxygens (including phenoxy) is 2. The highest BCUT2D eigenvalue weighted by molar-refractivity contribution is 7.16. The molecule has 0 aromatic carbocycles. The van der Waals surface area contributed by atoms with Gasteiger partial charge in [0.2, 0.25) is 5.76 Å². The van der Waals surface area contributed by atoms with E-state index in [1.54, 1.807) is 13.8 Å². The maximum atomic E-state index is 12.5. The van der Waals surface area contributed by atoms with Crippen LogP contribution < -0.4 is 10.3 Å². The number of carbonyl (C=O) groups excluding carboxylic acids is 1. The maximum Gasteiger partial charge on any atom is 0.449 e. The number of alkyl halides is 3. The lowest BCUT2D eigenvalue weighted by molar-refractivity contribution is -0.153. The molecule has 3 rings (SSSR count). The minimum absolute atomic E-state index is 0.0314. The van der Waals surface area contributed by atoms with Crippen LogP contribution in [0, 0.1) is 6.92 Å². The summed E-state index contributed by atoms with van der Waals surface area (Å²) in [6.45, 7) is 3.26. The standard InChI is InChI=1S/C18H15F3N2O5S/c1-3-26-16(25)15-10(2)22-17(29-15)23-7-6-11(8-14(23)24)27-9-12-4-5-13(28-12)18(19,20)21/h4-8H,3,9H2,1-2H3. The summed E-state index contributed by atoms with van der Waals surface area (Å²) in [7, 11) is 0. The van der Waals surface area contributed by atoms with Crippen molar-refractivity contribution in [1.29, 1.82) is 0 Å². The van der Waals surface area contributed by atoms with Gasteiger partial charge in [0.1, 0.15) is 23.0 Å². The number of rotatable bonds is 6. The fourth-order valence-corrected chi connectivity index (χ4v) is 3.29. The number of aromatic nitrogens is 2. The van der Waals surface area contributed by atoms with Crippen LogP contribution in [0.1, 0.15) is 33.8 Å². The molecular weight excluding hydrogens is 413 g/mol. The highest BCUT2D eigenvalue weighted by Crippen LogP contribution is 2.30. The van der Waals surface area contributed by atoms with Crippen molar-refractivity contribution in [2.45, 2.75) is 26.6 Å². The van der Waals surface area contributed by atoms with Crippen LogP contribution in [0.4, 0.5) is 13.2 Å². The monoisotopic (exact) mass is 428 g/mol. The Morgan fingerprint density at radius 3 is 2.69 bits per heavy atom. The molecule has 0 radical (unpaired) electrons. The molecule has 0 bridgehead atoms. The fourth-order valence-electron chi connectivity index (χ4n) is 2.34. The zero-order valence-electron chi connectivity index (χ0n) is 15.3. The Balaban J connectivity index is 1.74. The Morgan fingerprint density at radius 2 is 2.07 bits per heavy atom. The number of nitrogens with zero attached hydrogens (tertiary/aromatic N) is 2. The molecule has 11 heteroatoms. The third-order valence-corrected chi connectivity index (χ3v) is 4.80. The van der Waals surface area contributed by atoms with Crippen molar-refractivity contribution in [1.82, 2.24) is 9.55 Å². The van der Waals surface area contributed by atoms with Crippen molar-refractivity contribution in [3.63, 3.8) is 0 Å². The second kappa shape index (κ2) is 8.11. The Bertz CT molecular complexity index is 1080. The summed E-state index contributed by atoms with van der Waals surface area (Å²) in [6, 6.07) is 4.58. The molecule has 0 atom stereocenters. The van der Waals surface area contributed by atoms with Crippen molar-refractivity contribution in [2.75, 3.05) is 6.61 Å². The molecule has 154 valence electrons. The number of carbonyl (C=O) groups is 1. The minimum Gasteiger partial charge on any atom is -0.485 e. The van der Waals surface area contributed by atoms with Crippen LogP contribution in [0.25, 0.3) is 5.13 Å². The third-order valence-electron chi connectivity index (χ3n) is 3.67. The summed E-state index contributed by atoms with van der Waals surface area (Å²) in [5.41, 5.74) is -0.0453. The zero-order valence-corrected chi connectivity index (χ0v) is 16.1. The fraction of sp³-hybridized carbons (Fsp3) is 0.278. The zero-order chi connectivity index (χ0) is 21.2. The first-order chi connectivity index (χ1) is 13.7. The van der Waals surface area contributed by atoms with E-state index in [0.717, 1.165) is 29.5 Å². The van der Waals surface area contributed by atoms with Crippen LogP contribution in [0.15, 0.2) is 39.7 Å². The molecule has 0 saturated heterocycles. The van der Waals surface area contributed by atoms with Crippen molar-refractivity contribution in [2.24, 2.45) is 0 Å². The van der Waals surface area contributed by atoms with Crippen LogP contribution in [0.2, 0.25) is 0 Å². The van der Waals surface area contributed by atoms with Crippen molar-refractivity contribution in [3.05, 3.63) is 62.9 Å². The molecule has 3 aromatic heterocycles. The van der Waals surface area contributed by atoms with Gasteiger partial charge in [-0.3, -0.25) is 9.36 Å². The molecule has 0 aliphatic rings. The van der Waals surface area contributed by atoms with Gasteiger partial charge in [0.25, 0.3) is 5.56 Å². The van der Waals surface area contributed by atoms with Crippen LogP contribution in [-0.2, 0) is 17.5 Å². The molecule has 0 saturated carbocycles. The summed E-state index contributed by atoms with van der Waals surface area (Å²) in [5.74, 6) is -1.52. The number of aryl methyl sites for hydroxylation is 1. The van der Waals surface area contributed by atoms with E-state index in [9.17, 15) is 22.8 Å². The number of furan rings is 1. The van der Waals surface area contributed by atoms with E-state index in [1.807, 2.05) is 0 Å². The first-order valence-electron chi connectivity index (χ1n) is 8.35. The first-order valence-corrected chi connectivity index (χ1v) is 9.17. The summed E-state index contributed by atoms with van der Waals surface area (Å²) >= 11 is 1.01. The second-order valence-corrected chi connectivity index (χ2v) is 6.73. The average Bonchev–Trinajstić information content (AvgIpc) is 3.27. The van der Waals surface area contributed by atoms with E-state index < -0.39 is 23.5 Å². The molecule has 0 fully saturated rings. The van der Waals surface area contributed by atoms with Gasteiger partial charge in [-0.2, -0.15) is 13.2 Å². The third kappa shape index (κ3) is 4.67. The van der Waals surface area contributed by atoms with Gasteiger partial charge in [-0.15, -0.1) is 0 Å². The molecule has 0 N–H and O–H groups in total. The molecule has 0 unspecified atom stereocenters. The van der Waals surface area contributed by atoms with E-state index >= 15 is 0 Å². The Labute approximate surface area is 166 Å². The summed E-state index contributed by atoms with van der Waals surface area (Å²) in [6.07, 6.45) is -3.18. The molecular formula is C18H15F3N2O5S. The lowest BCUT2D eigenvalue weighted by Crippen LogP contribution is -2.16. The summed E-state index contributed by atoms with van der Waals surface area (Å²) < 4.78 is 53.8. The van der Waals surface area contributed by atoms with Crippen molar-refractivity contribution < 1.29 is 31.9 Å². The average molecular weight is 428 g/mol. The highest BCUT2D eigenvalue weighted by Gasteiger charge is 2.34. The topological polar surface area (TPSA) is 83.6 Å². The normalized spacial score (nSPS) is 11.5. The van der Waals surface area contributed by atoms with Gasteiger partial charge >= 0.3 is 12.1 Å². The smallest absolute Gasteiger partial charge is 0.449 e. The number of halogens is 3. The number of hydrogen-bond acceptors (Lipinski definition) is 7. The van der Waals surface area contributed by atoms with E-state index in [-0.39, 0.29) is 29.9 Å². The lowest BCUT2D eigenvalue weighted by atomic mass is 10.4. The summed E-state index contributed by atoms with van der Waals surface area (Å²) in [5, 5.41) is 0.281. The van der Waals surface area contributed by atoms with Gasteiger partial charge < -0.3 is 13.9 Å². The Morgan fingerprint density at radius 1 is 1.31 bits per heavy atom. The van der Waals surface area contributed by atoms with Crippen LogP contribution in [0.3, 0.4) is 0 Å². The van der Waals surface area contributed by atoms with E-state index in [2.05, 4.69) is 9.40 Å². The Kier molecular flexibility index (Phi) is 5.78. The van der Waals surface area contributed by atoms with Gasteiger partial charge in [0.15, 0.2) is 5.13 Å². The van der Waals surface area contributed by atoms with Crippen LogP contribution in [0.5, 0.6) is 5.75 Å². The lowest BCUT2D eigenvalue weighted by Gasteiger charge is -2.06. The molecule has 3 heterocycles. The molecule has 0 aliphatic heterocycles. The van der Waals surface area contributed by atoms with Crippen LogP contribution in [-0.4, -0.2) is 22.1 Å². The molecule has 0 aliphatic carbocycles. The van der Waals surface area contributed by atoms with Gasteiger partial charge in [-0.25, -0.2) is 9.78 Å². The van der Waals surface area contributed by atoms with Gasteiger partial charge in [-0.1, -0.05) is 11.3 Å². The van der Waals surface area contributed by atoms with E-state index in [1.165, 1.54) is 16.8 Å². The first kappa shape index (κ1) is 20.6. The van der Waals surface area contributed by atoms with Gasteiger partial charge in [0, 0.05) is 12.3 Å². The molecule has 3 aromatic rings. The van der Waals surface area contributed by atoms with Crippen molar-refractivity contribution >= 4 is 17.3 Å². The highest BCUT2D eigenvalue weighted by atomic mass is 32.1. The second-order valence-electron chi connectivity index (χ2n) is 5.75. The van der Waals surface area contributed by atoms with Gasteiger partial charge in [0.05, 0.1) is 12.3 Å². The number of esters is 1. The molecule has 0 spiro atoms. The number of thiazole rings is 1. The molecule has 29 heavy (non-hydrogen) atoms. The Hall–Kier alpha value is -3.08. The maximum absolute atomic E-state index is 12.5. The van der Waals surface area contributed by atoms with Crippen molar-refractivity contribution in [3.8, 4) is 10.9 Å². The number of hydrogen-bond donors (Lipinski definition) is 0. The predicted octanol–water partition coefficient (Wildman–Crippen LogP) is 3.97. The van der Waals surface area contributed by atoms with Crippen LogP contribution >= 0.6 is 11.3 Å². The summed E-state index contributed by atoms with van der Waals surface area (Å²) in [4.78, 5) is 28.8. The number of pyridine rings is 1.